The predicted octanol–water partition coefficient (Wildman–Crippen LogP) is 1.90. The molecule has 0 fully saturated rings. The van der Waals surface area contributed by atoms with Crippen molar-refractivity contribution in [3.8, 4) is 5.75 Å². The zero-order chi connectivity index (χ0) is 12.5. The molecule has 1 aliphatic carbocycles. The number of benzene rings is 1. The van der Waals surface area contributed by atoms with E-state index in [0.29, 0.717) is 18.3 Å². The molecule has 0 radical (unpaired) electrons. The molecule has 2 aromatic rings. The van der Waals surface area contributed by atoms with E-state index in [4.69, 9.17) is 15.0 Å². The highest BCUT2D eigenvalue weighted by molar-refractivity contribution is 5.40. The van der Waals surface area contributed by atoms with Crippen LogP contribution in [-0.4, -0.2) is 10.1 Å². The highest BCUT2D eigenvalue weighted by Crippen LogP contribution is 2.31. The molecule has 0 unspecified atom stereocenters. The Morgan fingerprint density at radius 3 is 3.17 bits per heavy atom. The molecule has 0 bridgehead atoms. The van der Waals surface area contributed by atoms with E-state index in [1.807, 2.05) is 18.2 Å². The maximum absolute atomic E-state index is 5.99. The third-order valence-electron chi connectivity index (χ3n) is 3.17. The molecule has 5 nitrogen and oxygen atoms in total. The van der Waals surface area contributed by atoms with Crippen molar-refractivity contribution in [1.82, 2.24) is 10.1 Å². The van der Waals surface area contributed by atoms with Crippen molar-refractivity contribution < 1.29 is 9.26 Å². The summed E-state index contributed by atoms with van der Waals surface area (Å²) in [6.45, 7) is 2.08. The molecule has 1 atom stereocenters. The highest BCUT2D eigenvalue weighted by atomic mass is 16.5. The second-order valence-electron chi connectivity index (χ2n) is 4.53. The lowest BCUT2D eigenvalue weighted by Gasteiger charge is -2.07. The molecule has 0 saturated heterocycles. The van der Waals surface area contributed by atoms with Crippen LogP contribution in [0, 0.1) is 6.92 Å². The monoisotopic (exact) mass is 245 g/mol. The molecule has 3 rings (SSSR count). The maximum atomic E-state index is 5.99. The molecular formula is C13H15N3O2. The zero-order valence-electron chi connectivity index (χ0n) is 10.2. The Labute approximate surface area is 105 Å². The van der Waals surface area contributed by atoms with Gasteiger partial charge >= 0.3 is 0 Å². The number of rotatable bonds is 3. The van der Waals surface area contributed by atoms with Gasteiger partial charge in [-0.25, -0.2) is 0 Å². The minimum Gasteiger partial charge on any atom is -0.484 e. The summed E-state index contributed by atoms with van der Waals surface area (Å²) in [5.41, 5.74) is 8.50. The van der Waals surface area contributed by atoms with Crippen molar-refractivity contribution in [2.24, 2.45) is 5.73 Å². The molecule has 0 saturated carbocycles. The van der Waals surface area contributed by atoms with E-state index < -0.39 is 0 Å². The molecule has 0 spiro atoms. The standard InChI is InChI=1S/C13H15N3O2/c1-8-15-13(18-16-8)7-17-10-3-4-11-9(6-10)2-5-12(11)14/h3-4,6,12H,2,5,7,14H2,1H3/t12-/m1/s1. The van der Waals surface area contributed by atoms with Crippen LogP contribution < -0.4 is 10.5 Å². The molecular weight excluding hydrogens is 230 g/mol. The molecule has 1 aliphatic rings. The topological polar surface area (TPSA) is 74.2 Å². The van der Waals surface area contributed by atoms with Crippen LogP contribution in [0.25, 0.3) is 0 Å². The van der Waals surface area contributed by atoms with E-state index in [-0.39, 0.29) is 6.04 Å². The molecule has 1 aromatic heterocycles. The fraction of sp³-hybridized carbons (Fsp3) is 0.385. The van der Waals surface area contributed by atoms with Crippen LogP contribution in [-0.2, 0) is 13.0 Å². The third kappa shape index (κ3) is 2.09. The summed E-state index contributed by atoms with van der Waals surface area (Å²) in [6.07, 6.45) is 2.04. The summed E-state index contributed by atoms with van der Waals surface area (Å²) in [7, 11) is 0. The van der Waals surface area contributed by atoms with Crippen molar-refractivity contribution in [2.45, 2.75) is 32.4 Å². The van der Waals surface area contributed by atoms with Crippen LogP contribution in [0.15, 0.2) is 22.7 Å². The van der Waals surface area contributed by atoms with Gasteiger partial charge in [0, 0.05) is 6.04 Å². The van der Waals surface area contributed by atoms with Gasteiger partial charge in [-0.05, 0) is 43.0 Å². The number of ether oxygens (including phenoxy) is 1. The molecule has 0 amide bonds. The Hall–Kier alpha value is -1.88. The molecule has 18 heavy (non-hydrogen) atoms. The Morgan fingerprint density at radius 1 is 1.50 bits per heavy atom. The van der Waals surface area contributed by atoms with Crippen molar-refractivity contribution in [2.75, 3.05) is 0 Å². The molecule has 1 aromatic carbocycles. The Bertz CT molecular complexity index is 565. The fourth-order valence-electron chi connectivity index (χ4n) is 2.26. The predicted molar refractivity (Wildman–Crippen MR) is 65.1 cm³/mol. The van der Waals surface area contributed by atoms with Gasteiger partial charge in [0.15, 0.2) is 12.4 Å². The minimum atomic E-state index is 0.174. The summed E-state index contributed by atoms with van der Waals surface area (Å²) < 4.78 is 10.6. The van der Waals surface area contributed by atoms with Gasteiger partial charge in [-0.1, -0.05) is 11.2 Å². The first-order valence-corrected chi connectivity index (χ1v) is 6.03. The van der Waals surface area contributed by atoms with Crippen LogP contribution in [0.4, 0.5) is 0 Å². The van der Waals surface area contributed by atoms with E-state index >= 15 is 0 Å². The number of aryl methyl sites for hydroxylation is 2. The zero-order valence-corrected chi connectivity index (χ0v) is 10.2. The van der Waals surface area contributed by atoms with E-state index in [1.165, 1.54) is 11.1 Å². The van der Waals surface area contributed by atoms with Gasteiger partial charge < -0.3 is 15.0 Å². The quantitative estimate of drug-likeness (QED) is 0.894. The Balaban J connectivity index is 1.70. The van der Waals surface area contributed by atoms with Gasteiger partial charge in [0.1, 0.15) is 5.75 Å². The average molecular weight is 245 g/mol. The first-order chi connectivity index (χ1) is 8.72. The molecule has 94 valence electrons. The van der Waals surface area contributed by atoms with E-state index in [9.17, 15) is 0 Å². The van der Waals surface area contributed by atoms with Crippen molar-refractivity contribution in [1.29, 1.82) is 0 Å². The van der Waals surface area contributed by atoms with Crippen molar-refractivity contribution in [3.63, 3.8) is 0 Å². The van der Waals surface area contributed by atoms with Gasteiger partial charge in [0.05, 0.1) is 0 Å². The average Bonchev–Trinajstić information content (AvgIpc) is 2.94. The number of hydrogen-bond donors (Lipinski definition) is 1. The van der Waals surface area contributed by atoms with Gasteiger partial charge in [-0.2, -0.15) is 4.98 Å². The van der Waals surface area contributed by atoms with E-state index in [0.717, 1.165) is 18.6 Å². The Morgan fingerprint density at radius 2 is 2.39 bits per heavy atom. The SMILES string of the molecule is Cc1noc(COc2ccc3c(c2)CC[C@H]3N)n1. The lowest BCUT2D eigenvalue weighted by atomic mass is 10.1. The number of nitrogens with zero attached hydrogens (tertiary/aromatic N) is 2. The normalized spacial score (nSPS) is 17.8. The van der Waals surface area contributed by atoms with Crippen LogP contribution in [0.1, 0.15) is 35.3 Å². The van der Waals surface area contributed by atoms with Crippen molar-refractivity contribution >= 4 is 0 Å². The smallest absolute Gasteiger partial charge is 0.264 e. The second kappa shape index (κ2) is 4.42. The van der Waals surface area contributed by atoms with Crippen LogP contribution >= 0.6 is 0 Å². The molecule has 1 heterocycles. The van der Waals surface area contributed by atoms with E-state index in [2.05, 4.69) is 10.1 Å². The first kappa shape index (κ1) is 11.2. The van der Waals surface area contributed by atoms with Crippen LogP contribution in [0.2, 0.25) is 0 Å². The summed E-state index contributed by atoms with van der Waals surface area (Å²) >= 11 is 0. The second-order valence-corrected chi connectivity index (χ2v) is 4.53. The molecule has 5 heteroatoms. The summed E-state index contributed by atoms with van der Waals surface area (Å²) in [5, 5.41) is 3.71. The fourth-order valence-corrected chi connectivity index (χ4v) is 2.26. The number of fused-ring (bicyclic) bond motifs is 1. The Kier molecular flexibility index (Phi) is 2.76. The van der Waals surface area contributed by atoms with E-state index in [1.54, 1.807) is 6.92 Å². The van der Waals surface area contributed by atoms with Gasteiger partial charge in [0.2, 0.25) is 0 Å². The third-order valence-corrected chi connectivity index (χ3v) is 3.17. The number of nitrogens with two attached hydrogens (primary N) is 1. The summed E-state index contributed by atoms with van der Waals surface area (Å²) in [4.78, 5) is 4.09. The van der Waals surface area contributed by atoms with Crippen LogP contribution in [0.5, 0.6) is 5.75 Å². The lowest BCUT2D eigenvalue weighted by molar-refractivity contribution is 0.242. The number of aromatic nitrogens is 2. The largest absolute Gasteiger partial charge is 0.484 e. The van der Waals surface area contributed by atoms with Gasteiger partial charge in [-0.15, -0.1) is 0 Å². The number of hydrogen-bond acceptors (Lipinski definition) is 5. The summed E-state index contributed by atoms with van der Waals surface area (Å²) in [6, 6.07) is 6.20. The molecule has 0 aliphatic heterocycles. The maximum Gasteiger partial charge on any atom is 0.264 e. The van der Waals surface area contributed by atoms with Crippen LogP contribution in [0.3, 0.4) is 0 Å². The summed E-state index contributed by atoms with van der Waals surface area (Å²) in [5.74, 6) is 1.93. The minimum absolute atomic E-state index is 0.174. The lowest BCUT2D eigenvalue weighted by Crippen LogP contribution is -2.05. The first-order valence-electron chi connectivity index (χ1n) is 6.03. The van der Waals surface area contributed by atoms with Gasteiger partial charge in [0.25, 0.3) is 5.89 Å². The van der Waals surface area contributed by atoms with Crippen molar-refractivity contribution in [3.05, 3.63) is 41.0 Å². The van der Waals surface area contributed by atoms with Gasteiger partial charge in [-0.3, -0.25) is 0 Å². The highest BCUT2D eigenvalue weighted by Gasteiger charge is 2.19. The molecule has 2 N–H and O–H groups in total.